The maximum atomic E-state index is 13.2. The molecule has 0 bridgehead atoms. The lowest BCUT2D eigenvalue weighted by atomic mass is 10.1. The maximum Gasteiger partial charge on any atom is 0.260 e. The first-order valence-corrected chi connectivity index (χ1v) is 8.47. The van der Waals surface area contributed by atoms with Gasteiger partial charge in [-0.25, -0.2) is 0 Å². The van der Waals surface area contributed by atoms with Crippen LogP contribution in [0.1, 0.15) is 44.6 Å². The Bertz CT molecular complexity index is 910. The lowest BCUT2D eigenvalue weighted by molar-refractivity contribution is 0.0721. The first-order valence-electron chi connectivity index (χ1n) is 8.47. The zero-order valence-corrected chi connectivity index (χ0v) is 16.1. The summed E-state index contributed by atoms with van der Waals surface area (Å²) in [6.45, 7) is 8.28. The quantitative estimate of drug-likeness (QED) is 0.700. The Hall–Kier alpha value is -2.90. The van der Waals surface area contributed by atoms with Crippen molar-refractivity contribution in [3.63, 3.8) is 0 Å². The third kappa shape index (κ3) is 3.40. The Morgan fingerprint density at radius 3 is 2.31 bits per heavy atom. The van der Waals surface area contributed by atoms with E-state index in [1.807, 2.05) is 44.8 Å². The standard InChI is InChI=1S/C18H24N6O2/c1-11-7-16(23(6)19-11)10-24(9-15-8-12(2)22(5)20-15)18(25)17-13(3)21-26-14(17)4/h7-8H,9-10H2,1-6H3. The highest BCUT2D eigenvalue weighted by atomic mass is 16.5. The summed E-state index contributed by atoms with van der Waals surface area (Å²) in [5.41, 5.74) is 4.86. The minimum atomic E-state index is -0.122. The molecule has 0 fully saturated rings. The topological polar surface area (TPSA) is 82.0 Å². The number of aromatic nitrogens is 5. The molecule has 0 unspecified atom stereocenters. The van der Waals surface area contributed by atoms with Gasteiger partial charge in [-0.05, 0) is 39.8 Å². The van der Waals surface area contributed by atoms with Crippen LogP contribution in [-0.4, -0.2) is 35.5 Å². The number of aryl methyl sites for hydroxylation is 6. The molecule has 3 heterocycles. The Morgan fingerprint density at radius 1 is 1.08 bits per heavy atom. The number of carbonyl (C=O) groups is 1. The van der Waals surface area contributed by atoms with Crippen LogP contribution in [0.25, 0.3) is 0 Å². The van der Waals surface area contributed by atoms with Gasteiger partial charge in [-0.3, -0.25) is 14.2 Å². The summed E-state index contributed by atoms with van der Waals surface area (Å²) in [4.78, 5) is 15.0. The van der Waals surface area contributed by atoms with Gasteiger partial charge < -0.3 is 9.42 Å². The number of hydrogen-bond donors (Lipinski definition) is 0. The molecule has 0 aromatic carbocycles. The average molecular weight is 356 g/mol. The smallest absolute Gasteiger partial charge is 0.260 e. The summed E-state index contributed by atoms with van der Waals surface area (Å²) < 4.78 is 8.79. The third-order valence-corrected chi connectivity index (χ3v) is 4.50. The van der Waals surface area contributed by atoms with Crippen molar-refractivity contribution in [3.8, 4) is 0 Å². The fourth-order valence-corrected chi connectivity index (χ4v) is 3.06. The maximum absolute atomic E-state index is 13.2. The first kappa shape index (κ1) is 17.9. The minimum absolute atomic E-state index is 0.122. The molecule has 26 heavy (non-hydrogen) atoms. The molecule has 0 saturated heterocycles. The van der Waals surface area contributed by atoms with Gasteiger partial charge in [0.15, 0.2) is 0 Å². The number of hydrogen-bond acceptors (Lipinski definition) is 5. The van der Waals surface area contributed by atoms with Crippen molar-refractivity contribution >= 4 is 5.91 Å². The van der Waals surface area contributed by atoms with Gasteiger partial charge >= 0.3 is 0 Å². The van der Waals surface area contributed by atoms with Gasteiger partial charge in [0.1, 0.15) is 11.3 Å². The van der Waals surface area contributed by atoms with Crippen LogP contribution in [0.15, 0.2) is 16.7 Å². The number of nitrogens with zero attached hydrogens (tertiary/aromatic N) is 6. The molecule has 0 N–H and O–H groups in total. The Balaban J connectivity index is 1.95. The van der Waals surface area contributed by atoms with E-state index in [1.54, 1.807) is 23.4 Å². The molecule has 138 valence electrons. The van der Waals surface area contributed by atoms with Gasteiger partial charge in [-0.2, -0.15) is 10.2 Å². The van der Waals surface area contributed by atoms with E-state index in [-0.39, 0.29) is 5.91 Å². The van der Waals surface area contributed by atoms with E-state index in [4.69, 9.17) is 4.52 Å². The predicted octanol–water partition coefficient (Wildman–Crippen LogP) is 2.22. The van der Waals surface area contributed by atoms with Gasteiger partial charge in [0, 0.05) is 19.8 Å². The van der Waals surface area contributed by atoms with Crippen LogP contribution in [0.4, 0.5) is 0 Å². The molecule has 0 aliphatic carbocycles. The van der Waals surface area contributed by atoms with Gasteiger partial charge in [-0.1, -0.05) is 5.16 Å². The number of amides is 1. The molecule has 0 aliphatic rings. The molecule has 8 nitrogen and oxygen atoms in total. The summed E-state index contributed by atoms with van der Waals surface area (Å²) in [5.74, 6) is 0.402. The SMILES string of the molecule is Cc1cc(CN(Cc2cc(C)n(C)n2)C(=O)c2c(C)noc2C)n(C)n1. The van der Waals surface area contributed by atoms with Gasteiger partial charge in [0.05, 0.1) is 35.9 Å². The third-order valence-electron chi connectivity index (χ3n) is 4.50. The van der Waals surface area contributed by atoms with Crippen LogP contribution in [0.5, 0.6) is 0 Å². The highest BCUT2D eigenvalue weighted by molar-refractivity contribution is 5.96. The summed E-state index contributed by atoms with van der Waals surface area (Å²) in [6.07, 6.45) is 0. The van der Waals surface area contributed by atoms with Crippen molar-refractivity contribution in [1.29, 1.82) is 0 Å². The van der Waals surface area contributed by atoms with Crippen molar-refractivity contribution in [2.75, 3.05) is 0 Å². The molecular formula is C18H24N6O2. The van der Waals surface area contributed by atoms with E-state index in [0.717, 1.165) is 22.8 Å². The second-order valence-corrected chi connectivity index (χ2v) is 6.66. The molecule has 0 aliphatic heterocycles. The lowest BCUT2D eigenvalue weighted by Crippen LogP contribution is -2.31. The van der Waals surface area contributed by atoms with Crippen LogP contribution in [0, 0.1) is 27.7 Å². The van der Waals surface area contributed by atoms with Crippen molar-refractivity contribution < 1.29 is 9.32 Å². The van der Waals surface area contributed by atoms with Crippen molar-refractivity contribution in [1.82, 2.24) is 29.6 Å². The van der Waals surface area contributed by atoms with Crippen molar-refractivity contribution in [2.45, 2.75) is 40.8 Å². The van der Waals surface area contributed by atoms with Crippen molar-refractivity contribution in [3.05, 3.63) is 51.9 Å². The van der Waals surface area contributed by atoms with Crippen LogP contribution in [0.3, 0.4) is 0 Å². The van der Waals surface area contributed by atoms with Gasteiger partial charge in [0.2, 0.25) is 0 Å². The summed E-state index contributed by atoms with van der Waals surface area (Å²) in [5, 5.41) is 12.8. The molecule has 3 rings (SSSR count). The van der Waals surface area contributed by atoms with E-state index in [1.165, 1.54) is 0 Å². The molecule has 3 aromatic heterocycles. The largest absolute Gasteiger partial charge is 0.361 e. The second kappa shape index (κ2) is 6.78. The predicted molar refractivity (Wildman–Crippen MR) is 95.4 cm³/mol. The molecule has 0 atom stereocenters. The zero-order chi connectivity index (χ0) is 19.0. The minimum Gasteiger partial charge on any atom is -0.361 e. The molecule has 0 radical (unpaired) electrons. The molecule has 1 amide bonds. The summed E-state index contributed by atoms with van der Waals surface area (Å²) in [6, 6.07) is 3.97. The van der Waals surface area contributed by atoms with Gasteiger partial charge in [-0.15, -0.1) is 0 Å². The van der Waals surface area contributed by atoms with Crippen LogP contribution >= 0.6 is 0 Å². The fourth-order valence-electron chi connectivity index (χ4n) is 3.06. The zero-order valence-electron chi connectivity index (χ0n) is 16.1. The van der Waals surface area contributed by atoms with Crippen LogP contribution in [0.2, 0.25) is 0 Å². The van der Waals surface area contributed by atoms with E-state index >= 15 is 0 Å². The van der Waals surface area contributed by atoms with E-state index < -0.39 is 0 Å². The molecular weight excluding hydrogens is 332 g/mol. The summed E-state index contributed by atoms with van der Waals surface area (Å²) >= 11 is 0. The van der Waals surface area contributed by atoms with E-state index in [0.29, 0.717) is 30.1 Å². The number of rotatable bonds is 5. The van der Waals surface area contributed by atoms with Crippen molar-refractivity contribution in [2.24, 2.45) is 14.1 Å². The highest BCUT2D eigenvalue weighted by Crippen LogP contribution is 2.19. The molecule has 3 aromatic rings. The summed E-state index contributed by atoms with van der Waals surface area (Å²) in [7, 11) is 3.77. The fraction of sp³-hybridized carbons (Fsp3) is 0.444. The number of carbonyl (C=O) groups excluding carboxylic acids is 1. The average Bonchev–Trinajstić information content (AvgIpc) is 3.17. The molecule has 0 saturated carbocycles. The Morgan fingerprint density at radius 2 is 1.81 bits per heavy atom. The Labute approximate surface area is 152 Å². The van der Waals surface area contributed by atoms with Gasteiger partial charge in [0.25, 0.3) is 5.91 Å². The van der Waals surface area contributed by atoms with Crippen LogP contribution < -0.4 is 0 Å². The highest BCUT2D eigenvalue weighted by Gasteiger charge is 2.25. The normalized spacial score (nSPS) is 11.2. The van der Waals surface area contributed by atoms with E-state index in [9.17, 15) is 4.79 Å². The lowest BCUT2D eigenvalue weighted by Gasteiger charge is -2.21. The van der Waals surface area contributed by atoms with Crippen LogP contribution in [-0.2, 0) is 27.2 Å². The first-order chi connectivity index (χ1) is 12.3. The monoisotopic (exact) mass is 356 g/mol. The molecule has 0 spiro atoms. The molecule has 8 heteroatoms. The van der Waals surface area contributed by atoms with E-state index in [2.05, 4.69) is 15.4 Å². The second-order valence-electron chi connectivity index (χ2n) is 6.66. The Kier molecular flexibility index (Phi) is 4.67.